The molecule has 0 saturated carbocycles. The van der Waals surface area contributed by atoms with Crippen LogP contribution in [0.4, 0.5) is 5.13 Å². The number of hydrogen-bond donors (Lipinski definition) is 1. The molecule has 0 radical (unpaired) electrons. The predicted octanol–water partition coefficient (Wildman–Crippen LogP) is 3.02. The minimum atomic E-state index is -0.375. The number of carbonyl (C=O) groups is 2. The summed E-state index contributed by atoms with van der Waals surface area (Å²) in [5.41, 5.74) is 2.80. The van der Waals surface area contributed by atoms with Crippen LogP contribution >= 0.6 is 11.3 Å². The van der Waals surface area contributed by atoms with Crippen LogP contribution in [0.2, 0.25) is 0 Å². The molecule has 1 N–H and O–H groups in total. The molecule has 2 aromatic heterocycles. The summed E-state index contributed by atoms with van der Waals surface area (Å²) < 4.78 is 6.38. The lowest BCUT2D eigenvalue weighted by Crippen LogP contribution is -2.22. The van der Waals surface area contributed by atoms with E-state index in [4.69, 9.17) is 4.74 Å². The average Bonchev–Trinajstić information content (AvgIpc) is 3.12. The van der Waals surface area contributed by atoms with Crippen molar-refractivity contribution in [3.05, 3.63) is 80.7 Å². The smallest absolute Gasteiger partial charge is 0.311 e. The van der Waals surface area contributed by atoms with Gasteiger partial charge in [0, 0.05) is 17.6 Å². The van der Waals surface area contributed by atoms with Crippen LogP contribution in [0.15, 0.2) is 52.8 Å². The first-order valence-corrected chi connectivity index (χ1v) is 10.00. The molecular formula is C21H21N3O4S. The summed E-state index contributed by atoms with van der Waals surface area (Å²) in [6, 6.07) is 10.7. The standard InChI is InChI=1S/C21H21N3O4S/c1-3-28-19(26)10-17-13-29-21(22-17)23-20(27)16-8-9-18(25)24(12-16)11-15-6-4-14(2)5-7-15/h4-9,12-13H,3,10-11H2,1-2H3,(H,22,23,27). The number of benzene rings is 1. The van der Waals surface area contributed by atoms with Gasteiger partial charge >= 0.3 is 5.97 Å². The lowest BCUT2D eigenvalue weighted by Gasteiger charge is -2.08. The molecule has 0 saturated heterocycles. The molecule has 0 atom stereocenters. The van der Waals surface area contributed by atoms with Gasteiger partial charge in [0.25, 0.3) is 11.5 Å². The molecule has 8 heteroatoms. The summed E-state index contributed by atoms with van der Waals surface area (Å²) in [6.07, 6.45) is 1.59. The maximum atomic E-state index is 12.6. The van der Waals surface area contributed by atoms with E-state index in [1.807, 2.05) is 31.2 Å². The molecule has 1 aromatic carbocycles. The number of pyridine rings is 1. The molecule has 3 rings (SSSR count). The zero-order chi connectivity index (χ0) is 20.8. The number of nitrogens with one attached hydrogen (secondary N) is 1. The highest BCUT2D eigenvalue weighted by Crippen LogP contribution is 2.17. The van der Waals surface area contributed by atoms with Gasteiger partial charge in [-0.05, 0) is 25.5 Å². The van der Waals surface area contributed by atoms with Gasteiger partial charge in [0.2, 0.25) is 0 Å². The fraction of sp³-hybridized carbons (Fsp3) is 0.238. The Morgan fingerprint density at radius 3 is 2.66 bits per heavy atom. The highest BCUT2D eigenvalue weighted by atomic mass is 32.1. The number of amides is 1. The quantitative estimate of drug-likeness (QED) is 0.604. The van der Waals surface area contributed by atoms with Crippen LogP contribution in [0.1, 0.15) is 34.1 Å². The van der Waals surface area contributed by atoms with Crippen LogP contribution in [0.5, 0.6) is 0 Å². The third-order valence-corrected chi connectivity index (χ3v) is 4.93. The van der Waals surface area contributed by atoms with Crippen molar-refractivity contribution in [2.45, 2.75) is 26.8 Å². The molecule has 0 fully saturated rings. The van der Waals surface area contributed by atoms with Gasteiger partial charge in [-0.2, -0.15) is 0 Å². The molecule has 2 heterocycles. The second-order valence-electron chi connectivity index (χ2n) is 6.45. The minimum absolute atomic E-state index is 0.0572. The van der Waals surface area contributed by atoms with Gasteiger partial charge in [0.15, 0.2) is 5.13 Å². The molecule has 0 spiro atoms. The van der Waals surface area contributed by atoms with Crippen molar-refractivity contribution in [2.24, 2.45) is 0 Å². The summed E-state index contributed by atoms with van der Waals surface area (Å²) in [7, 11) is 0. The highest BCUT2D eigenvalue weighted by Gasteiger charge is 2.13. The number of anilines is 1. The van der Waals surface area contributed by atoms with E-state index < -0.39 is 0 Å². The summed E-state index contributed by atoms with van der Waals surface area (Å²) in [5.74, 6) is -0.737. The van der Waals surface area contributed by atoms with E-state index in [-0.39, 0.29) is 23.9 Å². The Bertz CT molecular complexity index is 1070. The number of thiazole rings is 1. The fourth-order valence-electron chi connectivity index (χ4n) is 2.65. The van der Waals surface area contributed by atoms with Crippen molar-refractivity contribution in [3.63, 3.8) is 0 Å². The Morgan fingerprint density at radius 1 is 1.17 bits per heavy atom. The van der Waals surface area contributed by atoms with E-state index in [9.17, 15) is 14.4 Å². The molecule has 1 amide bonds. The molecule has 0 aliphatic heterocycles. The first-order chi connectivity index (χ1) is 13.9. The van der Waals surface area contributed by atoms with Gasteiger partial charge in [0.1, 0.15) is 0 Å². The second kappa shape index (κ2) is 9.29. The van der Waals surface area contributed by atoms with Crippen molar-refractivity contribution in [1.29, 1.82) is 0 Å². The van der Waals surface area contributed by atoms with E-state index in [2.05, 4.69) is 10.3 Å². The maximum absolute atomic E-state index is 12.6. The Balaban J connectivity index is 1.69. The van der Waals surface area contributed by atoms with E-state index in [1.165, 1.54) is 34.2 Å². The predicted molar refractivity (Wildman–Crippen MR) is 111 cm³/mol. The molecule has 150 valence electrons. The van der Waals surface area contributed by atoms with Gasteiger partial charge in [-0.3, -0.25) is 19.7 Å². The van der Waals surface area contributed by atoms with Crippen molar-refractivity contribution < 1.29 is 14.3 Å². The Kier molecular flexibility index (Phi) is 6.56. The molecule has 29 heavy (non-hydrogen) atoms. The van der Waals surface area contributed by atoms with Crippen molar-refractivity contribution >= 4 is 28.3 Å². The average molecular weight is 411 g/mol. The molecule has 3 aromatic rings. The van der Waals surface area contributed by atoms with E-state index in [0.29, 0.717) is 29.5 Å². The van der Waals surface area contributed by atoms with Crippen molar-refractivity contribution in [3.8, 4) is 0 Å². The summed E-state index contributed by atoms with van der Waals surface area (Å²) in [4.78, 5) is 40.5. The Labute approximate surface area is 172 Å². The molecular weight excluding hydrogens is 390 g/mol. The van der Waals surface area contributed by atoms with Gasteiger partial charge in [-0.15, -0.1) is 11.3 Å². The van der Waals surface area contributed by atoms with Gasteiger partial charge < -0.3 is 9.30 Å². The number of aryl methyl sites for hydroxylation is 1. The van der Waals surface area contributed by atoms with Gasteiger partial charge in [-0.25, -0.2) is 4.98 Å². The number of rotatable bonds is 7. The molecule has 0 bridgehead atoms. The molecule has 7 nitrogen and oxygen atoms in total. The summed E-state index contributed by atoms with van der Waals surface area (Å²) in [5, 5.41) is 4.78. The zero-order valence-corrected chi connectivity index (χ0v) is 17.0. The largest absolute Gasteiger partial charge is 0.466 e. The lowest BCUT2D eigenvalue weighted by atomic mass is 10.1. The highest BCUT2D eigenvalue weighted by molar-refractivity contribution is 7.14. The normalized spacial score (nSPS) is 10.6. The summed E-state index contributed by atoms with van der Waals surface area (Å²) >= 11 is 1.22. The Morgan fingerprint density at radius 2 is 1.93 bits per heavy atom. The number of nitrogens with zero attached hydrogens (tertiary/aromatic N) is 2. The topological polar surface area (TPSA) is 90.3 Å². The molecule has 0 aliphatic rings. The minimum Gasteiger partial charge on any atom is -0.466 e. The lowest BCUT2D eigenvalue weighted by molar-refractivity contribution is -0.142. The fourth-order valence-corrected chi connectivity index (χ4v) is 3.36. The van der Waals surface area contributed by atoms with E-state index in [0.717, 1.165) is 11.1 Å². The van der Waals surface area contributed by atoms with E-state index in [1.54, 1.807) is 12.3 Å². The van der Waals surface area contributed by atoms with E-state index >= 15 is 0 Å². The first kappa shape index (κ1) is 20.5. The Hall–Kier alpha value is -3.26. The molecule has 0 aliphatic carbocycles. The number of esters is 1. The van der Waals surface area contributed by atoms with Crippen LogP contribution in [0.3, 0.4) is 0 Å². The zero-order valence-electron chi connectivity index (χ0n) is 16.2. The number of aromatic nitrogens is 2. The summed E-state index contributed by atoms with van der Waals surface area (Å²) in [6.45, 7) is 4.42. The molecule has 0 unspecified atom stereocenters. The van der Waals surface area contributed by atoms with Gasteiger partial charge in [0.05, 0.1) is 30.8 Å². The van der Waals surface area contributed by atoms with Crippen molar-refractivity contribution in [2.75, 3.05) is 11.9 Å². The first-order valence-electron chi connectivity index (χ1n) is 9.12. The second-order valence-corrected chi connectivity index (χ2v) is 7.31. The van der Waals surface area contributed by atoms with Crippen molar-refractivity contribution in [1.82, 2.24) is 9.55 Å². The van der Waals surface area contributed by atoms with Gasteiger partial charge in [-0.1, -0.05) is 29.8 Å². The third-order valence-electron chi connectivity index (χ3n) is 4.12. The van der Waals surface area contributed by atoms with Crippen LogP contribution in [-0.4, -0.2) is 28.0 Å². The number of ether oxygens (including phenoxy) is 1. The monoisotopic (exact) mass is 411 g/mol. The van der Waals surface area contributed by atoms with Crippen LogP contribution in [-0.2, 0) is 22.5 Å². The number of carbonyl (C=O) groups excluding carboxylic acids is 2. The SMILES string of the molecule is CCOC(=O)Cc1csc(NC(=O)c2ccc(=O)n(Cc3ccc(C)cc3)c2)n1. The van der Waals surface area contributed by atoms with Crippen LogP contribution in [0.25, 0.3) is 0 Å². The third kappa shape index (κ3) is 5.61. The van der Waals surface area contributed by atoms with Crippen LogP contribution < -0.4 is 10.9 Å². The maximum Gasteiger partial charge on any atom is 0.311 e. The van der Waals surface area contributed by atoms with Crippen LogP contribution in [0, 0.1) is 6.92 Å². The number of hydrogen-bond acceptors (Lipinski definition) is 6.